The maximum absolute atomic E-state index is 13.4. The Morgan fingerprint density at radius 3 is 2.40 bits per heavy atom. The lowest BCUT2D eigenvalue weighted by Gasteiger charge is -2.29. The van der Waals surface area contributed by atoms with Crippen molar-refractivity contribution in [2.45, 2.75) is 39.2 Å². The zero-order chi connectivity index (χ0) is 21.7. The van der Waals surface area contributed by atoms with Gasteiger partial charge in [0.2, 0.25) is 11.8 Å². The predicted molar refractivity (Wildman–Crippen MR) is 121 cm³/mol. The molecule has 0 saturated carbocycles. The van der Waals surface area contributed by atoms with Crippen LogP contribution in [0.5, 0.6) is 0 Å². The number of carbonyl (C=O) groups excluding carboxylic acids is 2. The molecule has 3 rings (SSSR count). The highest BCUT2D eigenvalue weighted by Crippen LogP contribution is 2.27. The molecule has 0 radical (unpaired) electrons. The molecule has 1 atom stereocenters. The molecule has 1 saturated heterocycles. The van der Waals surface area contributed by atoms with E-state index in [-0.39, 0.29) is 17.7 Å². The Morgan fingerprint density at radius 1 is 1.07 bits per heavy atom. The van der Waals surface area contributed by atoms with E-state index in [0.29, 0.717) is 32.6 Å². The average molecular weight is 408 g/mol. The van der Waals surface area contributed by atoms with E-state index >= 15 is 0 Å². The summed E-state index contributed by atoms with van der Waals surface area (Å²) in [6.07, 6.45) is 1.49. The maximum Gasteiger partial charge on any atom is 0.242 e. The lowest BCUT2D eigenvalue weighted by Crippen LogP contribution is -2.52. The van der Waals surface area contributed by atoms with E-state index in [2.05, 4.69) is 31.2 Å². The third-order valence-electron chi connectivity index (χ3n) is 5.64. The van der Waals surface area contributed by atoms with Gasteiger partial charge < -0.3 is 15.5 Å². The van der Waals surface area contributed by atoms with Crippen molar-refractivity contribution in [2.24, 2.45) is 11.7 Å². The van der Waals surface area contributed by atoms with Crippen LogP contribution in [0.25, 0.3) is 11.1 Å². The van der Waals surface area contributed by atoms with E-state index in [1.807, 2.05) is 35.2 Å². The first-order valence-electron chi connectivity index (χ1n) is 10.8. The normalized spacial score (nSPS) is 17.7. The molecule has 2 aromatic carbocycles. The van der Waals surface area contributed by atoms with Crippen LogP contribution >= 0.6 is 0 Å². The number of nitrogens with zero attached hydrogens (tertiary/aromatic N) is 2. The first kappa shape index (κ1) is 22.0. The third kappa shape index (κ3) is 5.08. The molecule has 2 aromatic rings. The number of hydrogen-bond donors (Lipinski definition) is 1. The summed E-state index contributed by atoms with van der Waals surface area (Å²) < 4.78 is 0. The molecule has 1 fully saturated rings. The minimum atomic E-state index is -0.949. The van der Waals surface area contributed by atoms with Crippen LogP contribution in [0.4, 0.5) is 0 Å². The zero-order valence-corrected chi connectivity index (χ0v) is 18.3. The van der Waals surface area contributed by atoms with Crippen LogP contribution in [0.15, 0.2) is 54.6 Å². The zero-order valence-electron chi connectivity index (χ0n) is 18.3. The highest BCUT2D eigenvalue weighted by atomic mass is 16.2. The molecule has 30 heavy (non-hydrogen) atoms. The second-order valence-corrected chi connectivity index (χ2v) is 8.72. The van der Waals surface area contributed by atoms with Gasteiger partial charge in [0.25, 0.3) is 0 Å². The fourth-order valence-electron chi connectivity index (χ4n) is 4.14. The highest BCUT2D eigenvalue weighted by Gasteiger charge is 2.36. The van der Waals surface area contributed by atoms with Crippen LogP contribution in [0.3, 0.4) is 0 Å². The Kier molecular flexibility index (Phi) is 6.93. The first-order valence-corrected chi connectivity index (χ1v) is 10.8. The van der Waals surface area contributed by atoms with Crippen LogP contribution in [-0.4, -0.2) is 53.3 Å². The largest absolute Gasteiger partial charge is 0.341 e. The summed E-state index contributed by atoms with van der Waals surface area (Å²) in [5, 5.41) is 0. The van der Waals surface area contributed by atoms with Gasteiger partial charge in [-0.2, -0.15) is 0 Å². The van der Waals surface area contributed by atoms with Gasteiger partial charge in [0.1, 0.15) is 0 Å². The number of rotatable bonds is 6. The molecule has 1 heterocycles. The van der Waals surface area contributed by atoms with Crippen molar-refractivity contribution in [3.63, 3.8) is 0 Å². The van der Waals surface area contributed by atoms with Gasteiger partial charge in [-0.05, 0) is 43.4 Å². The Labute approximate surface area is 179 Å². The summed E-state index contributed by atoms with van der Waals surface area (Å²) in [4.78, 5) is 30.0. The maximum atomic E-state index is 13.4. The Bertz CT molecular complexity index is 873. The second-order valence-electron chi connectivity index (χ2n) is 8.72. The SMILES string of the molecule is CCCN1CCN(C(=O)C(C)(C)N)C[C@H](Cc2ccccc2-c2ccccc2)C1=O. The van der Waals surface area contributed by atoms with Crippen LogP contribution < -0.4 is 5.73 Å². The lowest BCUT2D eigenvalue weighted by atomic mass is 9.91. The molecule has 5 heteroatoms. The van der Waals surface area contributed by atoms with Crippen molar-refractivity contribution in [3.8, 4) is 11.1 Å². The minimum Gasteiger partial charge on any atom is -0.341 e. The Balaban J connectivity index is 1.92. The monoisotopic (exact) mass is 407 g/mol. The number of amides is 2. The van der Waals surface area contributed by atoms with Gasteiger partial charge in [-0.15, -0.1) is 0 Å². The number of benzene rings is 2. The molecule has 0 unspecified atom stereocenters. The van der Waals surface area contributed by atoms with E-state index in [9.17, 15) is 9.59 Å². The number of hydrogen-bond acceptors (Lipinski definition) is 3. The number of nitrogens with two attached hydrogens (primary N) is 1. The Hall–Kier alpha value is -2.66. The fourth-order valence-corrected chi connectivity index (χ4v) is 4.14. The highest BCUT2D eigenvalue weighted by molar-refractivity contribution is 5.87. The number of carbonyl (C=O) groups is 2. The van der Waals surface area contributed by atoms with Crippen molar-refractivity contribution in [1.82, 2.24) is 9.80 Å². The van der Waals surface area contributed by atoms with Crippen molar-refractivity contribution in [3.05, 3.63) is 60.2 Å². The van der Waals surface area contributed by atoms with E-state index in [1.54, 1.807) is 18.7 Å². The van der Waals surface area contributed by atoms with Crippen LogP contribution in [0, 0.1) is 5.92 Å². The van der Waals surface area contributed by atoms with Crippen LogP contribution in [0.2, 0.25) is 0 Å². The van der Waals surface area contributed by atoms with Crippen LogP contribution in [-0.2, 0) is 16.0 Å². The van der Waals surface area contributed by atoms with Crippen molar-refractivity contribution in [1.29, 1.82) is 0 Å². The third-order valence-corrected chi connectivity index (χ3v) is 5.64. The predicted octanol–water partition coefficient (Wildman–Crippen LogP) is 3.33. The second kappa shape index (κ2) is 9.43. The standard InChI is InChI=1S/C25H33N3O2/c1-4-14-27-15-16-28(24(30)25(2,3)26)18-21(23(27)29)17-20-12-8-9-13-22(20)19-10-6-5-7-11-19/h5-13,21H,4,14-18,26H2,1-3H3/t21-/m0/s1. The molecule has 2 amide bonds. The molecule has 1 aliphatic rings. The average Bonchev–Trinajstić information content (AvgIpc) is 2.88. The lowest BCUT2D eigenvalue weighted by molar-refractivity contribution is -0.137. The molecule has 5 nitrogen and oxygen atoms in total. The van der Waals surface area contributed by atoms with E-state index in [1.165, 1.54) is 0 Å². The summed E-state index contributed by atoms with van der Waals surface area (Å²) >= 11 is 0. The van der Waals surface area contributed by atoms with Gasteiger partial charge in [0, 0.05) is 26.2 Å². The van der Waals surface area contributed by atoms with Crippen molar-refractivity contribution in [2.75, 3.05) is 26.2 Å². The van der Waals surface area contributed by atoms with Gasteiger partial charge in [0.15, 0.2) is 0 Å². The summed E-state index contributed by atoms with van der Waals surface area (Å²) in [5.74, 6) is -0.255. The summed E-state index contributed by atoms with van der Waals surface area (Å²) in [6.45, 7) is 7.74. The summed E-state index contributed by atoms with van der Waals surface area (Å²) in [7, 11) is 0. The fraction of sp³-hybridized carbons (Fsp3) is 0.440. The van der Waals surface area contributed by atoms with E-state index in [4.69, 9.17) is 5.73 Å². The van der Waals surface area contributed by atoms with Crippen molar-refractivity contribution >= 4 is 11.8 Å². The molecule has 160 valence electrons. The van der Waals surface area contributed by atoms with Crippen LogP contribution in [0.1, 0.15) is 32.8 Å². The van der Waals surface area contributed by atoms with Gasteiger partial charge in [-0.25, -0.2) is 0 Å². The van der Waals surface area contributed by atoms with Gasteiger partial charge >= 0.3 is 0 Å². The topological polar surface area (TPSA) is 66.6 Å². The smallest absolute Gasteiger partial charge is 0.242 e. The molecular weight excluding hydrogens is 374 g/mol. The van der Waals surface area contributed by atoms with E-state index < -0.39 is 5.54 Å². The van der Waals surface area contributed by atoms with Gasteiger partial charge in [-0.3, -0.25) is 9.59 Å². The molecule has 1 aliphatic heterocycles. The Morgan fingerprint density at radius 2 is 1.73 bits per heavy atom. The molecule has 0 bridgehead atoms. The quantitative estimate of drug-likeness (QED) is 0.799. The molecule has 0 aliphatic carbocycles. The molecular formula is C25H33N3O2. The van der Waals surface area contributed by atoms with Crippen molar-refractivity contribution < 1.29 is 9.59 Å². The first-order chi connectivity index (χ1) is 14.3. The molecule has 0 aromatic heterocycles. The van der Waals surface area contributed by atoms with Gasteiger partial charge in [0.05, 0.1) is 11.5 Å². The van der Waals surface area contributed by atoms with Gasteiger partial charge in [-0.1, -0.05) is 61.5 Å². The summed E-state index contributed by atoms with van der Waals surface area (Å²) in [5.41, 5.74) is 8.54. The molecule has 2 N–H and O–H groups in total. The minimum absolute atomic E-state index is 0.102. The summed E-state index contributed by atoms with van der Waals surface area (Å²) in [6, 6.07) is 18.4. The van der Waals surface area contributed by atoms with E-state index in [0.717, 1.165) is 23.1 Å². The molecule has 0 spiro atoms.